The first kappa shape index (κ1) is 16.4. The van der Waals surface area contributed by atoms with Gasteiger partial charge in [0, 0.05) is 6.04 Å². The zero-order valence-electron chi connectivity index (χ0n) is 13.9. The lowest BCUT2D eigenvalue weighted by Crippen LogP contribution is -2.28. The van der Waals surface area contributed by atoms with Crippen molar-refractivity contribution in [3.63, 3.8) is 0 Å². The summed E-state index contributed by atoms with van der Waals surface area (Å²) in [6.45, 7) is 8.44. The Balaban J connectivity index is 2.07. The van der Waals surface area contributed by atoms with Crippen molar-refractivity contribution < 1.29 is 4.74 Å². The quantitative estimate of drug-likeness (QED) is 0.731. The molecule has 1 aromatic carbocycles. The Labute approximate surface area is 130 Å². The molecule has 1 fully saturated rings. The lowest BCUT2D eigenvalue weighted by Gasteiger charge is -2.26. The van der Waals surface area contributed by atoms with E-state index in [1.54, 1.807) is 0 Å². The third-order valence-electron chi connectivity index (χ3n) is 4.80. The smallest absolute Gasteiger partial charge is 0.119 e. The number of nitrogens with one attached hydrogen (secondary N) is 1. The maximum Gasteiger partial charge on any atom is 0.119 e. The first-order valence-electron chi connectivity index (χ1n) is 8.74. The predicted molar refractivity (Wildman–Crippen MR) is 89.8 cm³/mol. The van der Waals surface area contributed by atoms with Crippen LogP contribution in [0.15, 0.2) is 24.3 Å². The van der Waals surface area contributed by atoms with Gasteiger partial charge in [0.05, 0.1) is 6.61 Å². The van der Waals surface area contributed by atoms with Crippen LogP contribution in [0, 0.1) is 11.8 Å². The Bertz CT molecular complexity index is 401. The van der Waals surface area contributed by atoms with E-state index in [0.717, 1.165) is 30.7 Å². The minimum absolute atomic E-state index is 0.511. The second-order valence-electron chi connectivity index (χ2n) is 6.28. The summed E-state index contributed by atoms with van der Waals surface area (Å²) in [4.78, 5) is 0. The van der Waals surface area contributed by atoms with E-state index in [4.69, 9.17) is 4.74 Å². The van der Waals surface area contributed by atoms with Crippen LogP contribution in [0.2, 0.25) is 0 Å². The Morgan fingerprint density at radius 2 is 1.90 bits per heavy atom. The highest BCUT2D eigenvalue weighted by atomic mass is 16.5. The number of hydrogen-bond donors (Lipinski definition) is 1. The van der Waals surface area contributed by atoms with Crippen molar-refractivity contribution in [2.75, 3.05) is 13.2 Å². The molecule has 1 aliphatic carbocycles. The van der Waals surface area contributed by atoms with Crippen LogP contribution in [0.4, 0.5) is 0 Å². The van der Waals surface area contributed by atoms with Crippen molar-refractivity contribution in [3.8, 4) is 5.75 Å². The third-order valence-corrected chi connectivity index (χ3v) is 4.80. The molecule has 1 saturated carbocycles. The first-order valence-corrected chi connectivity index (χ1v) is 8.74. The largest absolute Gasteiger partial charge is 0.494 e. The molecule has 0 heterocycles. The SMILES string of the molecule is CCCNC(c1ccc(OCC)cc1)C1CCC(CC)C1. The molecule has 118 valence electrons. The molecule has 1 aromatic rings. The van der Waals surface area contributed by atoms with Gasteiger partial charge < -0.3 is 10.1 Å². The highest BCUT2D eigenvalue weighted by Gasteiger charge is 2.30. The second-order valence-corrected chi connectivity index (χ2v) is 6.28. The fourth-order valence-corrected chi connectivity index (χ4v) is 3.58. The summed E-state index contributed by atoms with van der Waals surface area (Å²) < 4.78 is 5.56. The van der Waals surface area contributed by atoms with E-state index < -0.39 is 0 Å². The summed E-state index contributed by atoms with van der Waals surface area (Å²) >= 11 is 0. The molecule has 21 heavy (non-hydrogen) atoms. The average molecular weight is 289 g/mol. The Hall–Kier alpha value is -1.02. The molecule has 0 amide bonds. The van der Waals surface area contributed by atoms with Gasteiger partial charge in [0.25, 0.3) is 0 Å². The van der Waals surface area contributed by atoms with Crippen LogP contribution in [0.3, 0.4) is 0 Å². The number of ether oxygens (including phenoxy) is 1. The zero-order valence-corrected chi connectivity index (χ0v) is 13.9. The Morgan fingerprint density at radius 1 is 1.14 bits per heavy atom. The zero-order chi connectivity index (χ0) is 15.1. The molecule has 2 nitrogen and oxygen atoms in total. The van der Waals surface area contributed by atoms with E-state index in [9.17, 15) is 0 Å². The van der Waals surface area contributed by atoms with Gasteiger partial charge in [-0.1, -0.05) is 38.8 Å². The van der Waals surface area contributed by atoms with E-state index in [-0.39, 0.29) is 0 Å². The lowest BCUT2D eigenvalue weighted by molar-refractivity contribution is 0.338. The highest BCUT2D eigenvalue weighted by Crippen LogP contribution is 2.40. The summed E-state index contributed by atoms with van der Waals surface area (Å²) in [5, 5.41) is 3.78. The van der Waals surface area contributed by atoms with Crippen LogP contribution in [0.5, 0.6) is 5.75 Å². The van der Waals surface area contributed by atoms with Crippen molar-refractivity contribution in [1.29, 1.82) is 0 Å². The molecule has 3 unspecified atom stereocenters. The van der Waals surface area contributed by atoms with Crippen LogP contribution in [-0.2, 0) is 0 Å². The van der Waals surface area contributed by atoms with Gasteiger partial charge in [-0.3, -0.25) is 0 Å². The first-order chi connectivity index (χ1) is 10.3. The molecule has 0 saturated heterocycles. The summed E-state index contributed by atoms with van der Waals surface area (Å²) in [5.41, 5.74) is 1.42. The van der Waals surface area contributed by atoms with Crippen molar-refractivity contribution >= 4 is 0 Å². The fourth-order valence-electron chi connectivity index (χ4n) is 3.58. The van der Waals surface area contributed by atoms with Crippen LogP contribution >= 0.6 is 0 Å². The number of rotatable bonds is 8. The van der Waals surface area contributed by atoms with E-state index in [0.29, 0.717) is 6.04 Å². The van der Waals surface area contributed by atoms with Gasteiger partial charge in [0.1, 0.15) is 5.75 Å². The van der Waals surface area contributed by atoms with Crippen molar-refractivity contribution in [2.24, 2.45) is 11.8 Å². The minimum Gasteiger partial charge on any atom is -0.494 e. The third kappa shape index (κ3) is 4.47. The lowest BCUT2D eigenvalue weighted by atomic mass is 9.90. The van der Waals surface area contributed by atoms with Crippen LogP contribution < -0.4 is 10.1 Å². The van der Waals surface area contributed by atoms with Crippen molar-refractivity contribution in [2.45, 2.75) is 58.9 Å². The van der Waals surface area contributed by atoms with Crippen molar-refractivity contribution in [3.05, 3.63) is 29.8 Å². The summed E-state index contributed by atoms with van der Waals surface area (Å²) in [6, 6.07) is 9.24. The fraction of sp³-hybridized carbons (Fsp3) is 0.684. The molecular weight excluding hydrogens is 258 g/mol. The van der Waals surface area contributed by atoms with E-state index in [2.05, 4.69) is 43.4 Å². The molecule has 2 heteroatoms. The molecule has 1 aliphatic rings. The van der Waals surface area contributed by atoms with Gasteiger partial charge >= 0.3 is 0 Å². The second kappa shape index (κ2) is 8.43. The molecule has 0 bridgehead atoms. The Morgan fingerprint density at radius 3 is 2.48 bits per heavy atom. The van der Waals surface area contributed by atoms with Crippen LogP contribution in [0.25, 0.3) is 0 Å². The van der Waals surface area contributed by atoms with Gasteiger partial charge in [-0.25, -0.2) is 0 Å². The molecule has 0 aliphatic heterocycles. The molecule has 0 aromatic heterocycles. The van der Waals surface area contributed by atoms with Gasteiger partial charge in [-0.15, -0.1) is 0 Å². The van der Waals surface area contributed by atoms with Crippen molar-refractivity contribution in [1.82, 2.24) is 5.32 Å². The van der Waals surface area contributed by atoms with Crippen LogP contribution in [0.1, 0.15) is 64.5 Å². The maximum atomic E-state index is 5.56. The van der Waals surface area contributed by atoms with Crippen LogP contribution in [-0.4, -0.2) is 13.2 Å². The maximum absolute atomic E-state index is 5.56. The highest BCUT2D eigenvalue weighted by molar-refractivity contribution is 5.29. The van der Waals surface area contributed by atoms with Gasteiger partial charge in [-0.05, 0) is 62.3 Å². The molecule has 0 radical (unpaired) electrons. The number of hydrogen-bond acceptors (Lipinski definition) is 2. The van der Waals surface area contributed by atoms with Gasteiger partial charge in [0.15, 0.2) is 0 Å². The van der Waals surface area contributed by atoms with E-state index in [1.807, 2.05) is 6.92 Å². The number of benzene rings is 1. The topological polar surface area (TPSA) is 21.3 Å². The van der Waals surface area contributed by atoms with E-state index in [1.165, 1.54) is 37.7 Å². The molecular formula is C19H31NO. The van der Waals surface area contributed by atoms with Gasteiger partial charge in [-0.2, -0.15) is 0 Å². The normalized spacial score (nSPS) is 23.2. The summed E-state index contributed by atoms with van der Waals surface area (Å²) in [5.74, 6) is 2.71. The van der Waals surface area contributed by atoms with E-state index >= 15 is 0 Å². The molecule has 3 atom stereocenters. The van der Waals surface area contributed by atoms with Gasteiger partial charge in [0.2, 0.25) is 0 Å². The summed E-state index contributed by atoms with van der Waals surface area (Å²) in [6.07, 6.45) is 6.68. The summed E-state index contributed by atoms with van der Waals surface area (Å²) in [7, 11) is 0. The molecule has 2 rings (SSSR count). The molecule has 0 spiro atoms. The standard InChI is InChI=1S/C19H31NO/c1-4-13-20-19(17-8-7-15(5-2)14-17)16-9-11-18(12-10-16)21-6-3/h9-12,15,17,19-20H,4-8,13-14H2,1-3H3. The Kier molecular flexibility index (Phi) is 6.56. The monoisotopic (exact) mass is 289 g/mol. The molecule has 1 N–H and O–H groups in total. The average Bonchev–Trinajstić information content (AvgIpc) is 2.98. The predicted octanol–water partition coefficient (Wildman–Crippen LogP) is 4.95. The minimum atomic E-state index is 0.511.